The van der Waals surface area contributed by atoms with E-state index in [9.17, 15) is 19.8 Å². The van der Waals surface area contributed by atoms with Crippen LogP contribution in [0.5, 0.6) is 0 Å². The van der Waals surface area contributed by atoms with Crippen molar-refractivity contribution in [2.24, 2.45) is 11.7 Å². The minimum Gasteiger partial charge on any atom is -0.479 e. The van der Waals surface area contributed by atoms with Crippen LogP contribution >= 0.6 is 12.6 Å². The van der Waals surface area contributed by atoms with Crippen molar-refractivity contribution in [3.05, 3.63) is 0 Å². The highest BCUT2D eigenvalue weighted by atomic mass is 32.1. The number of aliphatic carboxylic acids is 1. The molecule has 1 unspecified atom stereocenters. The summed E-state index contributed by atoms with van der Waals surface area (Å²) >= 11 is 4.14. The lowest BCUT2D eigenvalue weighted by atomic mass is 9.88. The molecule has 27 heavy (non-hydrogen) atoms. The second-order valence-electron chi connectivity index (χ2n) is 7.35. The summed E-state index contributed by atoms with van der Waals surface area (Å²) in [6, 6.07) is -0.309. The molecular weight excluding hydrogens is 366 g/mol. The Kier molecular flexibility index (Phi) is 13.8. The van der Waals surface area contributed by atoms with Gasteiger partial charge >= 0.3 is 5.97 Å². The van der Waals surface area contributed by atoms with Gasteiger partial charge in [-0.25, -0.2) is 10.2 Å². The van der Waals surface area contributed by atoms with Gasteiger partial charge in [0.05, 0.1) is 0 Å². The second kappa shape index (κ2) is 14.2. The van der Waals surface area contributed by atoms with E-state index in [4.69, 9.17) is 5.73 Å². The Hall–Kier alpha value is -0.830. The van der Waals surface area contributed by atoms with E-state index in [1.165, 1.54) is 5.01 Å². The van der Waals surface area contributed by atoms with Gasteiger partial charge in [-0.2, -0.15) is 12.6 Å². The first-order valence-electron chi connectivity index (χ1n) is 10.1. The van der Waals surface area contributed by atoms with Gasteiger partial charge in [-0.1, -0.05) is 46.5 Å². The van der Waals surface area contributed by atoms with Crippen LogP contribution in [0.25, 0.3) is 0 Å². The van der Waals surface area contributed by atoms with Crippen LogP contribution in [0.1, 0.15) is 72.1 Å². The van der Waals surface area contributed by atoms with Gasteiger partial charge in [0.2, 0.25) is 5.91 Å². The number of amides is 1. The first kappa shape index (κ1) is 26.2. The van der Waals surface area contributed by atoms with Crippen LogP contribution in [0.15, 0.2) is 0 Å². The first-order valence-corrected chi connectivity index (χ1v) is 10.7. The van der Waals surface area contributed by atoms with Crippen molar-refractivity contribution in [1.29, 1.82) is 0 Å². The zero-order valence-electron chi connectivity index (χ0n) is 17.1. The summed E-state index contributed by atoms with van der Waals surface area (Å²) in [6.07, 6.45) is 4.87. The zero-order valence-corrected chi connectivity index (χ0v) is 18.0. The van der Waals surface area contributed by atoms with Crippen LogP contribution in [0.4, 0.5) is 0 Å². The van der Waals surface area contributed by atoms with Gasteiger partial charge in [0, 0.05) is 37.8 Å². The third kappa shape index (κ3) is 8.81. The molecule has 0 aliphatic heterocycles. The quantitative estimate of drug-likeness (QED) is 0.153. The molecule has 0 fully saturated rings. The maximum atomic E-state index is 12.9. The summed E-state index contributed by atoms with van der Waals surface area (Å²) in [5.41, 5.74) is 7.35. The largest absolute Gasteiger partial charge is 0.479 e. The van der Waals surface area contributed by atoms with Crippen LogP contribution in [-0.2, 0) is 9.59 Å². The molecule has 0 spiro atoms. The summed E-state index contributed by atoms with van der Waals surface area (Å²) < 4.78 is 0. The number of nitrogens with one attached hydrogen (secondary N) is 1. The third-order valence-corrected chi connectivity index (χ3v) is 5.51. The fraction of sp³-hybridized carbons (Fsp3) is 0.895. The molecule has 0 aliphatic rings. The van der Waals surface area contributed by atoms with Gasteiger partial charge in [0.25, 0.3) is 0 Å². The van der Waals surface area contributed by atoms with E-state index < -0.39 is 11.5 Å². The number of carbonyl (C=O) groups excluding carboxylic acids is 1. The normalized spacial score (nSPS) is 15.8. The number of carboxylic acids is 1. The molecule has 8 heteroatoms. The maximum absolute atomic E-state index is 12.9. The maximum Gasteiger partial charge on any atom is 0.331 e. The molecule has 0 aromatic rings. The highest BCUT2D eigenvalue weighted by Gasteiger charge is 2.45. The van der Waals surface area contributed by atoms with Crippen molar-refractivity contribution in [3.63, 3.8) is 0 Å². The standard InChI is InChI=1S/C19H39N3O4S/c1-4-10-19(11-12-23,18(25)26)22(21-13-16(20)14-27)17(24)9-7-6-8-15(3)5-2/h15-16,21,23,27H,4-14,20H2,1-3H3,(H,25,26)/t15-,16?,19+/m0/s1. The second-order valence-corrected chi connectivity index (χ2v) is 7.72. The smallest absolute Gasteiger partial charge is 0.331 e. The number of nitrogens with two attached hydrogens (primary N) is 1. The predicted octanol–water partition coefficient (Wildman–Crippen LogP) is 2.19. The molecule has 0 bridgehead atoms. The molecule has 0 saturated heterocycles. The van der Waals surface area contributed by atoms with Crippen LogP contribution in [0, 0.1) is 5.92 Å². The van der Waals surface area contributed by atoms with Crippen LogP contribution < -0.4 is 11.2 Å². The minimum absolute atomic E-state index is 0.0299. The van der Waals surface area contributed by atoms with Gasteiger partial charge in [0.1, 0.15) is 0 Å². The van der Waals surface area contributed by atoms with Crippen molar-refractivity contribution in [2.45, 2.75) is 83.7 Å². The molecule has 160 valence electrons. The molecule has 0 aromatic heterocycles. The fourth-order valence-corrected chi connectivity index (χ4v) is 3.22. The van der Waals surface area contributed by atoms with Crippen molar-refractivity contribution < 1.29 is 19.8 Å². The molecule has 3 atom stereocenters. The lowest BCUT2D eigenvalue weighted by molar-refractivity contribution is -0.166. The number of aliphatic hydroxyl groups excluding tert-OH is 1. The first-order chi connectivity index (χ1) is 12.8. The SMILES string of the molecule is CCC[C@@](CCO)(C(=O)O)N(NCC(N)CS)C(=O)CCCC[C@@H](C)CC. The number of hydrogen-bond donors (Lipinski definition) is 5. The van der Waals surface area contributed by atoms with Crippen molar-refractivity contribution in [3.8, 4) is 0 Å². The molecule has 0 heterocycles. The number of aliphatic hydroxyl groups is 1. The van der Waals surface area contributed by atoms with E-state index in [0.29, 0.717) is 24.5 Å². The van der Waals surface area contributed by atoms with Crippen LogP contribution in [0.3, 0.4) is 0 Å². The molecule has 5 N–H and O–H groups in total. The molecule has 1 amide bonds. The summed E-state index contributed by atoms with van der Waals surface area (Å²) in [7, 11) is 0. The van der Waals surface area contributed by atoms with Crippen molar-refractivity contribution in [1.82, 2.24) is 10.4 Å². The molecule has 0 rings (SSSR count). The van der Waals surface area contributed by atoms with Gasteiger partial charge in [-0.05, 0) is 18.8 Å². The Morgan fingerprint density at radius 1 is 1.26 bits per heavy atom. The minimum atomic E-state index is -1.48. The molecule has 0 aliphatic carbocycles. The van der Waals surface area contributed by atoms with Gasteiger partial charge < -0.3 is 15.9 Å². The predicted molar refractivity (Wildman–Crippen MR) is 112 cm³/mol. The van der Waals surface area contributed by atoms with Crippen molar-refractivity contribution >= 4 is 24.5 Å². The summed E-state index contributed by atoms with van der Waals surface area (Å²) in [4.78, 5) is 25.0. The highest BCUT2D eigenvalue weighted by molar-refractivity contribution is 7.80. The van der Waals surface area contributed by atoms with E-state index >= 15 is 0 Å². The Morgan fingerprint density at radius 2 is 1.93 bits per heavy atom. The topological polar surface area (TPSA) is 116 Å². The molecule has 7 nitrogen and oxygen atoms in total. The van der Waals surface area contributed by atoms with E-state index in [1.807, 2.05) is 6.92 Å². The van der Waals surface area contributed by atoms with Gasteiger partial charge in [-0.15, -0.1) is 0 Å². The van der Waals surface area contributed by atoms with Crippen LogP contribution in [0.2, 0.25) is 0 Å². The number of hydrazine groups is 1. The number of carbonyl (C=O) groups is 2. The number of unbranched alkanes of at least 4 members (excludes halogenated alkanes) is 1. The van der Waals surface area contributed by atoms with Crippen molar-refractivity contribution in [2.75, 3.05) is 18.9 Å². The summed E-state index contributed by atoms with van der Waals surface area (Å²) in [5, 5.41) is 20.6. The molecule has 0 saturated carbocycles. The number of nitrogens with zero attached hydrogens (tertiary/aromatic N) is 1. The van der Waals surface area contributed by atoms with Crippen LogP contribution in [-0.4, -0.2) is 57.6 Å². The highest BCUT2D eigenvalue weighted by Crippen LogP contribution is 2.26. The zero-order chi connectivity index (χ0) is 20.9. The summed E-state index contributed by atoms with van der Waals surface area (Å²) in [5.74, 6) is -0.346. The Labute approximate surface area is 169 Å². The lowest BCUT2D eigenvalue weighted by Crippen LogP contribution is -2.64. The number of thiol groups is 1. The van der Waals surface area contributed by atoms with Gasteiger partial charge in [-0.3, -0.25) is 9.80 Å². The summed E-state index contributed by atoms with van der Waals surface area (Å²) in [6.45, 7) is 6.12. The number of carboxylic acid groups (broad SMARTS) is 1. The van der Waals surface area contributed by atoms with E-state index in [-0.39, 0.29) is 44.4 Å². The molecular formula is C19H39N3O4S. The molecule has 0 aromatic carbocycles. The Balaban J connectivity index is 5.31. The lowest BCUT2D eigenvalue weighted by Gasteiger charge is -2.41. The van der Waals surface area contributed by atoms with E-state index in [2.05, 4.69) is 31.9 Å². The average Bonchev–Trinajstić information content (AvgIpc) is 2.64. The van der Waals surface area contributed by atoms with E-state index in [1.54, 1.807) is 0 Å². The average molecular weight is 406 g/mol. The van der Waals surface area contributed by atoms with Gasteiger partial charge in [0.15, 0.2) is 5.54 Å². The Bertz CT molecular complexity index is 431. The third-order valence-electron chi connectivity index (χ3n) is 5.05. The van der Waals surface area contributed by atoms with E-state index in [0.717, 1.165) is 19.3 Å². The number of rotatable bonds is 16. The monoisotopic (exact) mass is 405 g/mol. The number of hydrogen-bond acceptors (Lipinski definition) is 6. The molecule has 0 radical (unpaired) electrons. The Morgan fingerprint density at radius 3 is 2.41 bits per heavy atom. The fourth-order valence-electron chi connectivity index (χ4n) is 3.09.